The van der Waals surface area contributed by atoms with Gasteiger partial charge in [-0.1, -0.05) is 148 Å². The molecule has 0 unspecified atom stereocenters. The average molecular weight is 907 g/mol. The van der Waals surface area contributed by atoms with Gasteiger partial charge in [0.2, 0.25) is 0 Å². The Morgan fingerprint density at radius 1 is 0.433 bits per heavy atom. The van der Waals surface area contributed by atoms with E-state index in [1.165, 1.54) is 77.2 Å². The van der Waals surface area contributed by atoms with Crippen molar-refractivity contribution in [2.75, 3.05) is 65.4 Å². The highest BCUT2D eigenvalue weighted by molar-refractivity contribution is 5.50. The smallest absolute Gasteiger partial charge is 0.123 e. The molecule has 0 bridgehead atoms. The van der Waals surface area contributed by atoms with Gasteiger partial charge in [-0.05, 0) is 113 Å². The third-order valence-corrected chi connectivity index (χ3v) is 12.9. The molecule has 0 spiro atoms. The zero-order chi connectivity index (χ0) is 47.2. The molecule has 0 aliphatic carbocycles. The number of nitrogens with zero attached hydrogens (tertiary/aromatic N) is 4. The van der Waals surface area contributed by atoms with Crippen molar-refractivity contribution in [2.45, 2.75) is 52.6 Å². The van der Waals surface area contributed by atoms with Gasteiger partial charge in [-0.25, -0.2) is 17.6 Å². The van der Waals surface area contributed by atoms with Gasteiger partial charge in [0.25, 0.3) is 0 Å². The van der Waals surface area contributed by atoms with Crippen LogP contribution in [0.5, 0.6) is 0 Å². The highest BCUT2D eigenvalue weighted by Gasteiger charge is 2.28. The van der Waals surface area contributed by atoms with Gasteiger partial charge in [-0.15, -0.1) is 0 Å². The summed E-state index contributed by atoms with van der Waals surface area (Å²) in [7, 11) is 0. The standard InChI is InChI=1S/C32H38F2N2.C27H28F2N2/c1-32(2,3)19-18-26-8-6-25(7-9-26)5-4-20-35-21-23-36(24-22-35)31(27-10-14-29(33)15-11-27)28-12-16-30(34)17-13-28;1-21-4-6-22(7-5-21)3-2-16-30-17-19-31(20-18-30)27(23-8-12-25(28)13-9-23)24-10-14-26(29)15-11-24/h4-17,31H,18-24H2,1-3H3;2-15,27H,16-20H2,1H3/b5-4+;3-2+. The summed E-state index contributed by atoms with van der Waals surface area (Å²) in [6.07, 6.45) is 11.2. The number of hydrogen-bond donors (Lipinski definition) is 0. The highest BCUT2D eigenvalue weighted by Crippen LogP contribution is 2.32. The second-order valence-electron chi connectivity index (χ2n) is 19.2. The van der Waals surface area contributed by atoms with Crippen molar-refractivity contribution < 1.29 is 17.6 Å². The lowest BCUT2D eigenvalue weighted by molar-refractivity contribution is 0.118. The first-order valence-electron chi connectivity index (χ1n) is 23.8. The number of aryl methyl sites for hydroxylation is 2. The van der Waals surface area contributed by atoms with Gasteiger partial charge in [0.05, 0.1) is 12.1 Å². The molecule has 4 nitrogen and oxygen atoms in total. The maximum Gasteiger partial charge on any atom is 0.123 e. The van der Waals surface area contributed by atoms with Crippen LogP contribution in [0.1, 0.15) is 83.8 Å². The van der Waals surface area contributed by atoms with Crippen molar-refractivity contribution in [3.63, 3.8) is 0 Å². The minimum Gasteiger partial charge on any atom is -0.297 e. The van der Waals surface area contributed by atoms with Gasteiger partial charge in [0, 0.05) is 65.4 Å². The van der Waals surface area contributed by atoms with Crippen LogP contribution in [-0.4, -0.2) is 85.0 Å². The lowest BCUT2D eigenvalue weighted by Gasteiger charge is -2.39. The van der Waals surface area contributed by atoms with E-state index in [4.69, 9.17) is 0 Å². The fourth-order valence-electron chi connectivity index (χ4n) is 8.88. The first-order chi connectivity index (χ1) is 32.3. The molecule has 6 aromatic carbocycles. The normalized spacial score (nSPS) is 15.7. The van der Waals surface area contributed by atoms with E-state index in [1.807, 2.05) is 48.5 Å². The maximum atomic E-state index is 13.6. The van der Waals surface area contributed by atoms with Crippen LogP contribution in [0, 0.1) is 35.6 Å². The molecule has 2 fully saturated rings. The van der Waals surface area contributed by atoms with Gasteiger partial charge in [0.1, 0.15) is 23.3 Å². The Balaban J connectivity index is 0.000000201. The zero-order valence-corrected chi connectivity index (χ0v) is 39.6. The molecular formula is C59H66F4N4. The van der Waals surface area contributed by atoms with E-state index in [1.54, 1.807) is 0 Å². The third-order valence-electron chi connectivity index (χ3n) is 12.9. The molecule has 2 saturated heterocycles. The van der Waals surface area contributed by atoms with Crippen molar-refractivity contribution in [2.24, 2.45) is 5.41 Å². The van der Waals surface area contributed by atoms with E-state index in [2.05, 4.69) is 120 Å². The molecule has 8 rings (SSSR count). The highest BCUT2D eigenvalue weighted by atomic mass is 19.1. The summed E-state index contributed by atoms with van der Waals surface area (Å²) in [6, 6.07) is 44.1. The van der Waals surface area contributed by atoms with Gasteiger partial charge in [-0.2, -0.15) is 0 Å². The Morgan fingerprint density at radius 3 is 1.06 bits per heavy atom. The predicted molar refractivity (Wildman–Crippen MR) is 269 cm³/mol. The van der Waals surface area contributed by atoms with Crippen LogP contribution in [0.3, 0.4) is 0 Å². The summed E-state index contributed by atoms with van der Waals surface area (Å²) in [5.74, 6) is -0.973. The Morgan fingerprint density at radius 2 is 0.746 bits per heavy atom. The number of hydrogen-bond acceptors (Lipinski definition) is 4. The van der Waals surface area contributed by atoms with Crippen LogP contribution in [0.2, 0.25) is 0 Å². The predicted octanol–water partition coefficient (Wildman–Crippen LogP) is 13.1. The molecule has 0 saturated carbocycles. The molecule has 67 heavy (non-hydrogen) atoms. The van der Waals surface area contributed by atoms with Crippen LogP contribution in [0.4, 0.5) is 17.6 Å². The Kier molecular flexibility index (Phi) is 17.6. The second-order valence-corrected chi connectivity index (χ2v) is 19.2. The quantitative estimate of drug-likeness (QED) is 0.101. The summed E-state index contributed by atoms with van der Waals surface area (Å²) in [5.41, 5.74) is 9.60. The van der Waals surface area contributed by atoms with Crippen LogP contribution in [0.15, 0.2) is 158 Å². The topological polar surface area (TPSA) is 13.0 Å². The number of benzene rings is 6. The molecule has 2 aliphatic heterocycles. The van der Waals surface area contributed by atoms with E-state index in [-0.39, 0.29) is 35.4 Å². The van der Waals surface area contributed by atoms with Gasteiger partial charge in [0.15, 0.2) is 0 Å². The van der Waals surface area contributed by atoms with Gasteiger partial charge in [-0.3, -0.25) is 19.6 Å². The van der Waals surface area contributed by atoms with Crippen LogP contribution in [0.25, 0.3) is 12.2 Å². The zero-order valence-electron chi connectivity index (χ0n) is 39.6. The number of rotatable bonds is 14. The molecular weight excluding hydrogens is 841 g/mol. The molecule has 0 atom stereocenters. The summed E-state index contributed by atoms with van der Waals surface area (Å²) in [5, 5.41) is 0. The summed E-state index contributed by atoms with van der Waals surface area (Å²) in [4.78, 5) is 9.71. The molecule has 2 aliphatic rings. The largest absolute Gasteiger partial charge is 0.297 e. The first kappa shape index (κ1) is 49.3. The van der Waals surface area contributed by atoms with Gasteiger partial charge < -0.3 is 0 Å². The fourth-order valence-corrected chi connectivity index (χ4v) is 8.88. The fraction of sp³-hybridized carbons (Fsp3) is 0.322. The van der Waals surface area contributed by atoms with Crippen LogP contribution in [-0.2, 0) is 6.42 Å². The molecule has 0 N–H and O–H groups in total. The van der Waals surface area contributed by atoms with Crippen molar-refractivity contribution >= 4 is 12.2 Å². The van der Waals surface area contributed by atoms with E-state index in [0.29, 0.717) is 5.41 Å². The van der Waals surface area contributed by atoms with E-state index >= 15 is 0 Å². The SMILES string of the molecule is CC(C)(C)CCc1ccc(/C=C/CN2CCN(C(c3ccc(F)cc3)c3ccc(F)cc3)CC2)cc1.Cc1ccc(/C=C/CN2CCN(C(c3ccc(F)cc3)c3ccc(F)cc3)CC2)cc1. The minimum absolute atomic E-state index is 0.00792. The Bertz CT molecular complexity index is 2350. The lowest BCUT2D eigenvalue weighted by Crippen LogP contribution is -2.47. The van der Waals surface area contributed by atoms with Crippen molar-refractivity contribution in [1.29, 1.82) is 0 Å². The number of piperazine rings is 2. The average Bonchev–Trinajstić information content (AvgIpc) is 3.33. The molecule has 2 heterocycles. The Hall–Kier alpha value is -5.64. The van der Waals surface area contributed by atoms with E-state index in [0.717, 1.165) is 94.1 Å². The lowest BCUT2D eigenvalue weighted by atomic mass is 9.88. The first-order valence-corrected chi connectivity index (χ1v) is 23.8. The van der Waals surface area contributed by atoms with Gasteiger partial charge >= 0.3 is 0 Å². The summed E-state index contributed by atoms with van der Waals surface area (Å²) < 4.78 is 54.1. The monoisotopic (exact) mass is 907 g/mol. The molecule has 0 aromatic heterocycles. The Labute approximate surface area is 396 Å². The van der Waals surface area contributed by atoms with Crippen molar-refractivity contribution in [3.8, 4) is 0 Å². The van der Waals surface area contributed by atoms with Crippen molar-refractivity contribution in [1.82, 2.24) is 19.6 Å². The van der Waals surface area contributed by atoms with Crippen LogP contribution >= 0.6 is 0 Å². The molecule has 8 heteroatoms. The second kappa shape index (κ2) is 23.9. The molecule has 0 radical (unpaired) electrons. The molecule has 350 valence electrons. The van der Waals surface area contributed by atoms with Crippen LogP contribution < -0.4 is 0 Å². The summed E-state index contributed by atoms with van der Waals surface area (Å²) >= 11 is 0. The molecule has 6 aromatic rings. The third kappa shape index (κ3) is 15.2. The maximum absolute atomic E-state index is 13.6. The number of halogens is 4. The van der Waals surface area contributed by atoms with E-state index in [9.17, 15) is 17.6 Å². The van der Waals surface area contributed by atoms with E-state index < -0.39 is 0 Å². The minimum atomic E-state index is -0.244. The van der Waals surface area contributed by atoms with Crippen molar-refractivity contribution in [3.05, 3.63) is 226 Å². The summed E-state index contributed by atoms with van der Waals surface area (Å²) in [6.45, 7) is 18.2. The molecule has 0 amide bonds.